The van der Waals surface area contributed by atoms with Gasteiger partial charge in [0, 0.05) is 44.5 Å². The number of hydrogen-bond acceptors (Lipinski definition) is 3. The Bertz CT molecular complexity index is 493. The molecule has 4 nitrogen and oxygen atoms in total. The second-order valence-electron chi connectivity index (χ2n) is 5.63. The molecule has 0 aromatic carbocycles. The second-order valence-corrected chi connectivity index (χ2v) is 5.63. The van der Waals surface area contributed by atoms with E-state index in [1.165, 1.54) is 4.90 Å². The van der Waals surface area contributed by atoms with Crippen LogP contribution in [0, 0.1) is 0 Å². The highest BCUT2D eigenvalue weighted by atomic mass is 19.4. The molecule has 1 fully saturated rings. The van der Waals surface area contributed by atoms with E-state index in [2.05, 4.69) is 4.98 Å². The largest absolute Gasteiger partial charge is 0.401 e. The van der Waals surface area contributed by atoms with E-state index in [1.54, 1.807) is 24.2 Å². The molecular formula is C15H20F3N3O. The first-order valence-corrected chi connectivity index (χ1v) is 7.32. The number of carbonyl (C=O) groups excluding carboxylic acids is 1. The maximum absolute atomic E-state index is 12.5. The maximum Gasteiger partial charge on any atom is 0.401 e. The third-order valence-corrected chi connectivity index (χ3v) is 3.88. The molecule has 0 aliphatic carbocycles. The molecule has 2 heterocycles. The number of piperazine rings is 1. The van der Waals surface area contributed by atoms with Gasteiger partial charge >= 0.3 is 6.18 Å². The van der Waals surface area contributed by atoms with E-state index in [9.17, 15) is 18.0 Å². The van der Waals surface area contributed by atoms with Gasteiger partial charge in [-0.1, -0.05) is 0 Å². The van der Waals surface area contributed by atoms with Crippen molar-refractivity contribution in [1.29, 1.82) is 0 Å². The molecule has 1 saturated heterocycles. The first kappa shape index (κ1) is 16.7. The molecule has 1 aromatic heterocycles. The average molecular weight is 315 g/mol. The van der Waals surface area contributed by atoms with Gasteiger partial charge in [-0.15, -0.1) is 0 Å². The Morgan fingerprint density at radius 1 is 1.32 bits per heavy atom. The van der Waals surface area contributed by atoms with Crippen molar-refractivity contribution in [3.8, 4) is 0 Å². The van der Waals surface area contributed by atoms with Gasteiger partial charge in [0.1, 0.15) is 0 Å². The van der Waals surface area contributed by atoms with Crippen LogP contribution in [0.3, 0.4) is 0 Å². The number of aryl methyl sites for hydroxylation is 1. The van der Waals surface area contributed by atoms with Crippen LogP contribution in [-0.4, -0.2) is 59.1 Å². The molecule has 1 aliphatic rings. The Balaban J connectivity index is 1.81. The molecule has 0 spiro atoms. The number of carbonyl (C=O) groups is 1. The number of rotatable bonds is 4. The normalized spacial score (nSPS) is 20.2. The third-order valence-electron chi connectivity index (χ3n) is 3.88. The number of alkyl halides is 3. The topological polar surface area (TPSA) is 36.4 Å². The smallest absolute Gasteiger partial charge is 0.340 e. The number of halogens is 3. The molecule has 1 amide bonds. The third kappa shape index (κ3) is 4.98. The zero-order valence-corrected chi connectivity index (χ0v) is 12.5. The lowest BCUT2D eigenvalue weighted by Crippen LogP contribution is -2.55. The molecule has 7 heteroatoms. The highest BCUT2D eigenvalue weighted by molar-refractivity contribution is 5.76. The van der Waals surface area contributed by atoms with E-state index in [-0.39, 0.29) is 18.5 Å². The van der Waals surface area contributed by atoms with E-state index < -0.39 is 12.7 Å². The summed E-state index contributed by atoms with van der Waals surface area (Å²) in [5, 5.41) is 0. The molecule has 1 aromatic rings. The summed E-state index contributed by atoms with van der Waals surface area (Å²) < 4.78 is 37.4. The zero-order valence-electron chi connectivity index (χ0n) is 12.5. The summed E-state index contributed by atoms with van der Waals surface area (Å²) in [4.78, 5) is 19.1. The molecule has 0 N–H and O–H groups in total. The van der Waals surface area contributed by atoms with Crippen molar-refractivity contribution in [1.82, 2.24) is 14.8 Å². The number of nitrogens with zero attached hydrogens (tertiary/aromatic N) is 3. The monoisotopic (exact) mass is 315 g/mol. The lowest BCUT2D eigenvalue weighted by molar-refractivity contribution is -0.157. The van der Waals surface area contributed by atoms with Crippen molar-refractivity contribution >= 4 is 5.91 Å². The van der Waals surface area contributed by atoms with E-state index in [0.29, 0.717) is 25.9 Å². The molecule has 1 atom stereocenters. The average Bonchev–Trinajstić information content (AvgIpc) is 2.46. The van der Waals surface area contributed by atoms with Crippen LogP contribution in [0.2, 0.25) is 0 Å². The predicted octanol–water partition coefficient (Wildman–Crippen LogP) is 2.11. The van der Waals surface area contributed by atoms with Crippen LogP contribution < -0.4 is 0 Å². The fourth-order valence-corrected chi connectivity index (χ4v) is 2.65. The summed E-state index contributed by atoms with van der Waals surface area (Å²) in [6.07, 6.45) is 0.159. The zero-order chi connectivity index (χ0) is 16.2. The van der Waals surface area contributed by atoms with E-state index in [1.807, 2.05) is 12.1 Å². The van der Waals surface area contributed by atoms with Gasteiger partial charge in [-0.2, -0.15) is 13.2 Å². The summed E-state index contributed by atoms with van der Waals surface area (Å²) >= 11 is 0. The Morgan fingerprint density at radius 2 is 2.00 bits per heavy atom. The van der Waals surface area contributed by atoms with Gasteiger partial charge < -0.3 is 4.90 Å². The summed E-state index contributed by atoms with van der Waals surface area (Å²) in [5.41, 5.74) is 1.03. The fraction of sp³-hybridized carbons (Fsp3) is 0.600. The lowest BCUT2D eigenvalue weighted by atomic mass is 10.1. The van der Waals surface area contributed by atoms with Gasteiger partial charge in [-0.3, -0.25) is 14.7 Å². The standard InChI is InChI=1S/C15H20F3N3O/c1-12-10-20(8-9-21(12)11-15(16,17)18)14(22)3-2-13-4-6-19-7-5-13/h4-7,12H,2-3,8-11H2,1H3. The quantitative estimate of drug-likeness (QED) is 0.854. The van der Waals surface area contributed by atoms with Crippen LogP contribution in [0.4, 0.5) is 13.2 Å². The summed E-state index contributed by atoms with van der Waals surface area (Å²) in [7, 11) is 0. The first-order valence-electron chi connectivity index (χ1n) is 7.32. The Morgan fingerprint density at radius 3 is 2.59 bits per heavy atom. The molecule has 0 saturated carbocycles. The number of aromatic nitrogens is 1. The van der Waals surface area contributed by atoms with Crippen LogP contribution in [-0.2, 0) is 11.2 Å². The van der Waals surface area contributed by atoms with E-state index in [4.69, 9.17) is 0 Å². The molecule has 0 bridgehead atoms. The molecule has 0 radical (unpaired) electrons. The first-order chi connectivity index (χ1) is 10.3. The van der Waals surface area contributed by atoms with Crippen molar-refractivity contribution < 1.29 is 18.0 Å². The van der Waals surface area contributed by atoms with Crippen molar-refractivity contribution in [2.24, 2.45) is 0 Å². The molecule has 122 valence electrons. The minimum absolute atomic E-state index is 0.00433. The lowest BCUT2D eigenvalue weighted by Gasteiger charge is -2.40. The second kappa shape index (κ2) is 7.09. The van der Waals surface area contributed by atoms with Gasteiger partial charge in [0.05, 0.1) is 6.54 Å². The van der Waals surface area contributed by atoms with Crippen molar-refractivity contribution in [3.63, 3.8) is 0 Å². The van der Waals surface area contributed by atoms with Gasteiger partial charge in [0.2, 0.25) is 5.91 Å². The number of hydrogen-bond donors (Lipinski definition) is 0. The van der Waals surface area contributed by atoms with Crippen molar-refractivity contribution in [2.75, 3.05) is 26.2 Å². The SMILES string of the molecule is CC1CN(C(=O)CCc2ccncc2)CCN1CC(F)(F)F. The Hall–Kier alpha value is -1.63. The van der Waals surface area contributed by atoms with Crippen LogP contribution in [0.1, 0.15) is 18.9 Å². The fourth-order valence-electron chi connectivity index (χ4n) is 2.65. The number of pyridine rings is 1. The van der Waals surface area contributed by atoms with Crippen molar-refractivity contribution in [3.05, 3.63) is 30.1 Å². The minimum Gasteiger partial charge on any atom is -0.340 e. The van der Waals surface area contributed by atoms with Gasteiger partial charge in [-0.05, 0) is 31.0 Å². The predicted molar refractivity (Wildman–Crippen MR) is 76.2 cm³/mol. The number of amides is 1. The maximum atomic E-state index is 12.5. The molecule has 1 aliphatic heterocycles. The van der Waals surface area contributed by atoms with Crippen LogP contribution in [0.15, 0.2) is 24.5 Å². The Kier molecular flexibility index (Phi) is 5.39. The molecular weight excluding hydrogens is 295 g/mol. The van der Waals surface area contributed by atoms with Crippen LogP contribution in [0.25, 0.3) is 0 Å². The Labute approximate surface area is 127 Å². The van der Waals surface area contributed by atoms with Crippen LogP contribution in [0.5, 0.6) is 0 Å². The van der Waals surface area contributed by atoms with Gasteiger partial charge in [0.25, 0.3) is 0 Å². The summed E-state index contributed by atoms with van der Waals surface area (Å²) in [6.45, 7) is 1.80. The van der Waals surface area contributed by atoms with E-state index >= 15 is 0 Å². The van der Waals surface area contributed by atoms with Gasteiger partial charge in [0.15, 0.2) is 0 Å². The highest BCUT2D eigenvalue weighted by Crippen LogP contribution is 2.20. The molecule has 2 rings (SSSR count). The molecule has 22 heavy (non-hydrogen) atoms. The van der Waals surface area contributed by atoms with Crippen LogP contribution >= 0.6 is 0 Å². The summed E-state index contributed by atoms with van der Waals surface area (Å²) in [5.74, 6) is -0.00433. The van der Waals surface area contributed by atoms with Crippen molar-refractivity contribution in [2.45, 2.75) is 32.0 Å². The molecule has 1 unspecified atom stereocenters. The summed E-state index contributed by atoms with van der Waals surface area (Å²) in [6, 6.07) is 3.44. The highest BCUT2D eigenvalue weighted by Gasteiger charge is 2.35. The van der Waals surface area contributed by atoms with Gasteiger partial charge in [-0.25, -0.2) is 0 Å². The minimum atomic E-state index is -4.19. The van der Waals surface area contributed by atoms with E-state index in [0.717, 1.165) is 5.56 Å².